The molecule has 1 rings (SSSR count). The lowest BCUT2D eigenvalue weighted by atomic mass is 10.0. The number of rotatable bonds is 3. The van der Waals surface area contributed by atoms with E-state index in [1.807, 2.05) is 0 Å². The van der Waals surface area contributed by atoms with Crippen LogP contribution < -0.4 is 0 Å². The van der Waals surface area contributed by atoms with E-state index in [1.165, 1.54) is 11.8 Å². The topological polar surface area (TPSA) is 76.8 Å². The van der Waals surface area contributed by atoms with Gasteiger partial charge in [-0.25, -0.2) is 0 Å². The van der Waals surface area contributed by atoms with Crippen LogP contribution in [0.5, 0.6) is 0 Å². The van der Waals surface area contributed by atoms with E-state index in [0.29, 0.717) is 24.4 Å². The Bertz CT molecular complexity index is 238. The quantitative estimate of drug-likeness (QED) is 0.500. The smallest absolute Gasteiger partial charge is 0.158 e. The molecule has 6 heteroatoms. The van der Waals surface area contributed by atoms with E-state index in [9.17, 15) is 5.11 Å². The van der Waals surface area contributed by atoms with Crippen LogP contribution in [0, 0.1) is 5.41 Å². The lowest BCUT2D eigenvalue weighted by Crippen LogP contribution is -2.36. The third kappa shape index (κ3) is 4.29. The normalized spacial score (nSPS) is 30.1. The monoisotopic (exact) mass is 248 g/mol. The summed E-state index contributed by atoms with van der Waals surface area (Å²) >= 11 is 1.31. The van der Waals surface area contributed by atoms with Gasteiger partial charge in [0.1, 0.15) is 5.44 Å². The highest BCUT2D eigenvalue weighted by Crippen LogP contribution is 2.29. The molecule has 0 aromatic heterocycles. The highest BCUT2D eigenvalue weighted by atomic mass is 32.2. The summed E-state index contributed by atoms with van der Waals surface area (Å²) in [5.41, 5.74) is -0.185. The highest BCUT2D eigenvalue weighted by molar-refractivity contribution is 8.14. The van der Waals surface area contributed by atoms with Crippen molar-refractivity contribution in [1.29, 1.82) is 5.41 Å². The van der Waals surface area contributed by atoms with Crippen molar-refractivity contribution in [2.45, 2.75) is 36.9 Å². The zero-order valence-electron chi connectivity index (χ0n) is 9.72. The van der Waals surface area contributed by atoms with Crippen LogP contribution in [0.15, 0.2) is 0 Å². The van der Waals surface area contributed by atoms with Crippen LogP contribution in [0.2, 0.25) is 0 Å². The molecule has 0 bridgehead atoms. The van der Waals surface area contributed by atoms with Gasteiger partial charge in [0.2, 0.25) is 0 Å². The summed E-state index contributed by atoms with van der Waals surface area (Å²) in [4.78, 5) is 1.70. The molecule has 3 N–H and O–H groups in total. The molecular formula is C10H20N2O3S. The predicted molar refractivity (Wildman–Crippen MR) is 64.6 cm³/mol. The fourth-order valence-electron chi connectivity index (χ4n) is 1.58. The molecule has 1 fully saturated rings. The highest BCUT2D eigenvalue weighted by Gasteiger charge is 2.29. The van der Waals surface area contributed by atoms with Crippen LogP contribution in [0.25, 0.3) is 0 Å². The van der Waals surface area contributed by atoms with E-state index in [1.54, 1.807) is 19.0 Å². The van der Waals surface area contributed by atoms with Gasteiger partial charge in [0.15, 0.2) is 5.17 Å². The molecule has 1 saturated heterocycles. The first-order valence-corrected chi connectivity index (χ1v) is 6.27. The average molecular weight is 248 g/mol. The molecule has 0 aliphatic carbocycles. The summed E-state index contributed by atoms with van der Waals surface area (Å²) in [5.74, 6) is 0. The zero-order valence-corrected chi connectivity index (χ0v) is 10.5. The van der Waals surface area contributed by atoms with Crippen LogP contribution in [0.4, 0.5) is 0 Å². The summed E-state index contributed by atoms with van der Waals surface area (Å²) in [7, 11) is 3.61. The van der Waals surface area contributed by atoms with Crippen molar-refractivity contribution in [2.75, 3.05) is 20.7 Å². The molecule has 0 aromatic carbocycles. The summed E-state index contributed by atoms with van der Waals surface area (Å²) < 4.78 is 5.69. The van der Waals surface area contributed by atoms with E-state index in [-0.39, 0.29) is 18.1 Å². The Morgan fingerprint density at radius 2 is 2.19 bits per heavy atom. The lowest BCUT2D eigenvalue weighted by Gasteiger charge is -2.33. The van der Waals surface area contributed by atoms with Gasteiger partial charge in [0.05, 0.1) is 12.2 Å². The Hall–Kier alpha value is -0.300. The first-order valence-electron chi connectivity index (χ1n) is 5.39. The minimum Gasteiger partial charge on any atom is -0.396 e. The van der Waals surface area contributed by atoms with Crippen LogP contribution in [-0.4, -0.2) is 58.6 Å². The Labute approximate surface area is 100 Å². The van der Waals surface area contributed by atoms with Crippen molar-refractivity contribution >= 4 is 16.9 Å². The summed E-state index contributed by atoms with van der Waals surface area (Å²) in [6.45, 7) is 0.0693. The summed E-state index contributed by atoms with van der Waals surface area (Å²) in [6, 6.07) is 0. The Kier molecular flexibility index (Phi) is 5.54. The van der Waals surface area contributed by atoms with Crippen LogP contribution in [0.1, 0.15) is 19.3 Å². The van der Waals surface area contributed by atoms with Gasteiger partial charge in [-0.1, -0.05) is 11.8 Å². The number of ether oxygens (including phenoxy) is 1. The molecule has 16 heavy (non-hydrogen) atoms. The zero-order chi connectivity index (χ0) is 12.1. The predicted octanol–water partition coefficient (Wildman–Crippen LogP) is 0.464. The first-order chi connectivity index (χ1) is 7.52. The molecule has 1 aliphatic heterocycles. The second-order valence-corrected chi connectivity index (χ2v) is 5.29. The van der Waals surface area contributed by atoms with E-state index in [0.717, 1.165) is 0 Å². The molecule has 1 aliphatic rings. The number of thioether (sulfide) groups is 1. The van der Waals surface area contributed by atoms with Gasteiger partial charge >= 0.3 is 0 Å². The van der Waals surface area contributed by atoms with Gasteiger partial charge in [-0.2, -0.15) is 0 Å². The summed E-state index contributed by atoms with van der Waals surface area (Å²) in [5, 5.41) is 26.6. The van der Waals surface area contributed by atoms with Crippen molar-refractivity contribution in [1.82, 2.24) is 4.90 Å². The molecule has 5 nitrogen and oxygen atoms in total. The van der Waals surface area contributed by atoms with Crippen LogP contribution >= 0.6 is 11.8 Å². The van der Waals surface area contributed by atoms with Crippen molar-refractivity contribution in [3.8, 4) is 0 Å². The minimum absolute atomic E-state index is 0.0693. The number of nitrogens with one attached hydrogen (secondary N) is 1. The molecule has 0 spiro atoms. The van der Waals surface area contributed by atoms with Gasteiger partial charge in [0.25, 0.3) is 0 Å². The number of aliphatic hydroxyl groups excluding tert-OH is 2. The molecule has 94 valence electrons. The van der Waals surface area contributed by atoms with Crippen LogP contribution in [-0.2, 0) is 4.74 Å². The Morgan fingerprint density at radius 1 is 1.50 bits per heavy atom. The summed E-state index contributed by atoms with van der Waals surface area (Å²) in [6.07, 6.45) is 1.18. The second kappa shape index (κ2) is 6.44. The molecule has 1 heterocycles. The SMILES string of the molecule is CN(C)C(=N)S[C@@H]1C[C@@H](O)C[C@@H](CCO)O1. The van der Waals surface area contributed by atoms with Crippen molar-refractivity contribution in [3.63, 3.8) is 0 Å². The van der Waals surface area contributed by atoms with Gasteiger partial charge < -0.3 is 19.8 Å². The van der Waals surface area contributed by atoms with E-state index < -0.39 is 6.10 Å². The van der Waals surface area contributed by atoms with Gasteiger partial charge in [-0.3, -0.25) is 5.41 Å². The minimum atomic E-state index is -0.391. The number of nitrogens with zero attached hydrogens (tertiary/aromatic N) is 1. The third-order valence-corrected chi connectivity index (χ3v) is 3.60. The lowest BCUT2D eigenvalue weighted by molar-refractivity contribution is -0.0658. The number of aliphatic hydroxyl groups is 2. The fourth-order valence-corrected chi connectivity index (χ4v) is 2.57. The number of amidine groups is 1. The van der Waals surface area contributed by atoms with Gasteiger partial charge in [0, 0.05) is 27.1 Å². The van der Waals surface area contributed by atoms with Crippen molar-refractivity contribution < 1.29 is 14.9 Å². The van der Waals surface area contributed by atoms with Crippen molar-refractivity contribution in [2.24, 2.45) is 0 Å². The standard InChI is InChI=1S/C10H20N2O3S/c1-12(2)10(11)16-9-6-7(14)5-8(15-9)3-4-13/h7-9,11,13-14H,3-6H2,1-2H3/t7-,8+,9+/m0/s1. The fraction of sp³-hybridized carbons (Fsp3) is 0.900. The molecule has 0 aromatic rings. The Morgan fingerprint density at radius 3 is 2.75 bits per heavy atom. The maximum atomic E-state index is 9.67. The van der Waals surface area contributed by atoms with E-state index >= 15 is 0 Å². The molecule has 0 amide bonds. The Balaban J connectivity index is 2.44. The first kappa shape index (κ1) is 13.8. The molecular weight excluding hydrogens is 228 g/mol. The van der Waals surface area contributed by atoms with Gasteiger partial charge in [-0.15, -0.1) is 0 Å². The maximum absolute atomic E-state index is 9.67. The average Bonchev–Trinajstić information content (AvgIpc) is 2.16. The molecule has 0 radical (unpaired) electrons. The number of hydrogen-bond donors (Lipinski definition) is 3. The van der Waals surface area contributed by atoms with Crippen LogP contribution in [0.3, 0.4) is 0 Å². The third-order valence-electron chi connectivity index (χ3n) is 2.44. The largest absolute Gasteiger partial charge is 0.396 e. The van der Waals surface area contributed by atoms with Gasteiger partial charge in [-0.05, 0) is 12.8 Å². The molecule has 3 atom stereocenters. The van der Waals surface area contributed by atoms with Crippen molar-refractivity contribution in [3.05, 3.63) is 0 Å². The molecule has 0 saturated carbocycles. The van der Waals surface area contributed by atoms with E-state index in [4.69, 9.17) is 15.3 Å². The second-order valence-electron chi connectivity index (χ2n) is 4.14. The van der Waals surface area contributed by atoms with E-state index in [2.05, 4.69) is 0 Å². The molecule has 0 unspecified atom stereocenters. The maximum Gasteiger partial charge on any atom is 0.158 e. The number of hydrogen-bond acceptors (Lipinski definition) is 5.